The predicted molar refractivity (Wildman–Crippen MR) is 60.5 cm³/mol. The minimum atomic E-state index is -0.871. The lowest BCUT2D eigenvalue weighted by Crippen LogP contribution is -2.02. The highest BCUT2D eigenvalue weighted by Crippen LogP contribution is 2.36. The van der Waals surface area contributed by atoms with Crippen LogP contribution in [0.2, 0.25) is 5.02 Å². The van der Waals surface area contributed by atoms with Gasteiger partial charge < -0.3 is 14.6 Å². The Morgan fingerprint density at radius 2 is 2.06 bits per heavy atom. The Morgan fingerprint density at radius 3 is 2.56 bits per heavy atom. The van der Waals surface area contributed by atoms with E-state index in [0.29, 0.717) is 28.5 Å². The van der Waals surface area contributed by atoms with E-state index >= 15 is 0 Å². The standard InChI is InChI=1S/C11H13ClO4/c1-15-9-5-4-8(12)11(16-2)7(9)3-6-10(13)14/h4-5H,3,6H2,1-2H3,(H,13,14). The number of aliphatic carboxylic acids is 1. The van der Waals surface area contributed by atoms with Crippen LogP contribution in [0.1, 0.15) is 12.0 Å². The minimum absolute atomic E-state index is 0.00701. The smallest absolute Gasteiger partial charge is 0.303 e. The maximum Gasteiger partial charge on any atom is 0.303 e. The Bertz CT molecular complexity index is 390. The molecule has 0 radical (unpaired) electrons. The van der Waals surface area contributed by atoms with E-state index < -0.39 is 5.97 Å². The Hall–Kier alpha value is -1.42. The number of carboxylic acid groups (broad SMARTS) is 1. The van der Waals surface area contributed by atoms with Crippen LogP contribution in [0.25, 0.3) is 0 Å². The van der Waals surface area contributed by atoms with Crippen molar-refractivity contribution in [2.45, 2.75) is 12.8 Å². The summed E-state index contributed by atoms with van der Waals surface area (Å²) in [5.74, 6) is 0.189. The van der Waals surface area contributed by atoms with Gasteiger partial charge in [-0.1, -0.05) is 11.6 Å². The number of benzene rings is 1. The van der Waals surface area contributed by atoms with Crippen molar-refractivity contribution >= 4 is 17.6 Å². The molecule has 0 bridgehead atoms. The molecule has 0 aliphatic heterocycles. The number of rotatable bonds is 5. The molecule has 0 aliphatic carbocycles. The number of hydrogen-bond acceptors (Lipinski definition) is 3. The summed E-state index contributed by atoms with van der Waals surface area (Å²) in [4.78, 5) is 10.5. The molecule has 1 aromatic rings. The average Bonchev–Trinajstić information content (AvgIpc) is 2.26. The normalized spacial score (nSPS) is 9.94. The van der Waals surface area contributed by atoms with E-state index in [9.17, 15) is 4.79 Å². The van der Waals surface area contributed by atoms with Gasteiger partial charge in [-0.05, 0) is 18.6 Å². The van der Waals surface area contributed by atoms with E-state index in [1.807, 2.05) is 0 Å². The van der Waals surface area contributed by atoms with Crippen LogP contribution in [0, 0.1) is 0 Å². The second-order valence-electron chi connectivity index (χ2n) is 3.16. The summed E-state index contributed by atoms with van der Waals surface area (Å²) in [5, 5.41) is 9.10. The maximum atomic E-state index is 10.5. The monoisotopic (exact) mass is 244 g/mol. The quantitative estimate of drug-likeness (QED) is 0.864. The molecule has 0 heterocycles. The van der Waals surface area contributed by atoms with Crippen molar-refractivity contribution in [3.63, 3.8) is 0 Å². The molecule has 0 saturated carbocycles. The fourth-order valence-corrected chi connectivity index (χ4v) is 1.72. The van der Waals surface area contributed by atoms with Crippen molar-refractivity contribution in [3.8, 4) is 11.5 Å². The van der Waals surface area contributed by atoms with Gasteiger partial charge in [0.1, 0.15) is 11.5 Å². The van der Waals surface area contributed by atoms with Gasteiger partial charge in [0.15, 0.2) is 0 Å². The highest BCUT2D eigenvalue weighted by Gasteiger charge is 2.14. The number of ether oxygens (including phenoxy) is 2. The highest BCUT2D eigenvalue weighted by molar-refractivity contribution is 6.32. The predicted octanol–water partition coefficient (Wildman–Crippen LogP) is 2.37. The molecule has 0 aliphatic rings. The van der Waals surface area contributed by atoms with Crippen molar-refractivity contribution < 1.29 is 19.4 Å². The Balaban J connectivity index is 3.09. The van der Waals surface area contributed by atoms with E-state index in [1.54, 1.807) is 12.1 Å². The lowest BCUT2D eigenvalue weighted by atomic mass is 10.1. The van der Waals surface area contributed by atoms with Crippen LogP contribution < -0.4 is 9.47 Å². The van der Waals surface area contributed by atoms with Gasteiger partial charge in [0.05, 0.1) is 19.2 Å². The Morgan fingerprint density at radius 1 is 1.38 bits per heavy atom. The van der Waals surface area contributed by atoms with Crippen LogP contribution in [-0.4, -0.2) is 25.3 Å². The fourth-order valence-electron chi connectivity index (χ4n) is 1.46. The SMILES string of the molecule is COc1ccc(Cl)c(OC)c1CCC(=O)O. The van der Waals surface area contributed by atoms with E-state index in [0.717, 1.165) is 0 Å². The molecule has 0 atom stereocenters. The highest BCUT2D eigenvalue weighted by atomic mass is 35.5. The van der Waals surface area contributed by atoms with Crippen LogP contribution in [0.5, 0.6) is 11.5 Å². The van der Waals surface area contributed by atoms with Gasteiger partial charge in [-0.3, -0.25) is 4.79 Å². The lowest BCUT2D eigenvalue weighted by Gasteiger charge is -2.13. The summed E-state index contributed by atoms with van der Waals surface area (Å²) in [5.41, 5.74) is 0.680. The molecule has 88 valence electrons. The number of carbonyl (C=O) groups is 1. The first-order valence-corrected chi connectivity index (χ1v) is 5.09. The molecule has 0 spiro atoms. The molecule has 1 aromatic carbocycles. The summed E-state index contributed by atoms with van der Waals surface area (Å²) in [6, 6.07) is 3.35. The van der Waals surface area contributed by atoms with Crippen LogP contribution in [0.15, 0.2) is 12.1 Å². The van der Waals surface area contributed by atoms with Crippen molar-refractivity contribution in [2.75, 3.05) is 14.2 Å². The molecule has 1 rings (SSSR count). The van der Waals surface area contributed by atoms with Gasteiger partial charge >= 0.3 is 5.97 Å². The van der Waals surface area contributed by atoms with Crippen molar-refractivity contribution in [3.05, 3.63) is 22.7 Å². The molecule has 1 N–H and O–H groups in total. The van der Waals surface area contributed by atoms with Crippen LogP contribution in [-0.2, 0) is 11.2 Å². The number of hydrogen-bond donors (Lipinski definition) is 1. The first-order chi connectivity index (χ1) is 7.60. The van der Waals surface area contributed by atoms with E-state index in [-0.39, 0.29) is 6.42 Å². The van der Waals surface area contributed by atoms with Gasteiger partial charge in [-0.15, -0.1) is 0 Å². The zero-order chi connectivity index (χ0) is 12.1. The lowest BCUT2D eigenvalue weighted by molar-refractivity contribution is -0.136. The van der Waals surface area contributed by atoms with Crippen molar-refractivity contribution in [1.82, 2.24) is 0 Å². The zero-order valence-electron chi connectivity index (χ0n) is 9.12. The summed E-state index contributed by atoms with van der Waals surface area (Å²) in [6.07, 6.45) is 0.329. The topological polar surface area (TPSA) is 55.8 Å². The third kappa shape index (κ3) is 2.79. The fraction of sp³-hybridized carbons (Fsp3) is 0.364. The molecule has 0 aromatic heterocycles. The van der Waals surface area contributed by atoms with Gasteiger partial charge in [0, 0.05) is 12.0 Å². The number of halogens is 1. The maximum absolute atomic E-state index is 10.5. The summed E-state index contributed by atoms with van der Waals surface area (Å²) < 4.78 is 10.3. The molecule has 16 heavy (non-hydrogen) atoms. The summed E-state index contributed by atoms with van der Waals surface area (Å²) in [7, 11) is 3.01. The second kappa shape index (κ2) is 5.61. The van der Waals surface area contributed by atoms with Gasteiger partial charge in [-0.25, -0.2) is 0 Å². The minimum Gasteiger partial charge on any atom is -0.496 e. The molecular formula is C11H13ClO4. The summed E-state index contributed by atoms with van der Waals surface area (Å²) in [6.45, 7) is 0. The van der Waals surface area contributed by atoms with Crippen molar-refractivity contribution in [1.29, 1.82) is 0 Å². The molecule has 4 nitrogen and oxygen atoms in total. The molecule has 0 saturated heterocycles. The first kappa shape index (κ1) is 12.6. The third-order valence-corrected chi connectivity index (χ3v) is 2.48. The van der Waals surface area contributed by atoms with Gasteiger partial charge in [0.25, 0.3) is 0 Å². The van der Waals surface area contributed by atoms with E-state index in [4.69, 9.17) is 26.2 Å². The van der Waals surface area contributed by atoms with Gasteiger partial charge in [-0.2, -0.15) is 0 Å². The van der Waals surface area contributed by atoms with Crippen LogP contribution in [0.3, 0.4) is 0 Å². The molecule has 5 heteroatoms. The van der Waals surface area contributed by atoms with Crippen molar-refractivity contribution in [2.24, 2.45) is 0 Å². The van der Waals surface area contributed by atoms with Crippen LogP contribution >= 0.6 is 11.6 Å². The van der Waals surface area contributed by atoms with Crippen LogP contribution in [0.4, 0.5) is 0 Å². The van der Waals surface area contributed by atoms with E-state index in [1.165, 1.54) is 14.2 Å². The average molecular weight is 245 g/mol. The molecular weight excluding hydrogens is 232 g/mol. The molecule has 0 unspecified atom stereocenters. The molecule has 0 fully saturated rings. The Kier molecular flexibility index (Phi) is 4.43. The second-order valence-corrected chi connectivity index (χ2v) is 3.56. The largest absolute Gasteiger partial charge is 0.496 e. The molecule has 0 amide bonds. The number of methoxy groups -OCH3 is 2. The zero-order valence-corrected chi connectivity index (χ0v) is 9.87. The Labute approximate surface area is 98.7 Å². The van der Waals surface area contributed by atoms with E-state index in [2.05, 4.69) is 0 Å². The number of carboxylic acids is 1. The third-order valence-electron chi connectivity index (χ3n) is 2.18. The van der Waals surface area contributed by atoms with Gasteiger partial charge in [0.2, 0.25) is 0 Å². The first-order valence-electron chi connectivity index (χ1n) is 4.71. The summed E-state index contributed by atoms with van der Waals surface area (Å²) >= 11 is 5.95.